The minimum Gasteiger partial charge on any atom is -0.491 e. The average Bonchev–Trinajstić information content (AvgIpc) is 2.59. The van der Waals surface area contributed by atoms with Gasteiger partial charge < -0.3 is 10.1 Å². The van der Waals surface area contributed by atoms with Crippen molar-refractivity contribution in [1.82, 2.24) is 5.43 Å². The van der Waals surface area contributed by atoms with Crippen LogP contribution in [0.2, 0.25) is 5.02 Å². The number of carbonyl (C=O) groups excluding carboxylic acids is 2. The molecular weight excluding hydrogens is 354 g/mol. The van der Waals surface area contributed by atoms with Crippen molar-refractivity contribution in [2.45, 2.75) is 26.9 Å². The predicted molar refractivity (Wildman–Crippen MR) is 103 cm³/mol. The van der Waals surface area contributed by atoms with Crippen LogP contribution in [-0.4, -0.2) is 24.1 Å². The Hall–Kier alpha value is -2.86. The Bertz CT molecular complexity index is 817. The molecule has 136 valence electrons. The molecule has 2 aromatic carbocycles. The summed E-state index contributed by atoms with van der Waals surface area (Å²) in [5.41, 5.74) is 4.25. The first-order chi connectivity index (χ1) is 12.3. The first kappa shape index (κ1) is 19.5. The highest BCUT2D eigenvalue weighted by atomic mass is 35.5. The lowest BCUT2D eigenvalue weighted by Gasteiger charge is -2.09. The highest BCUT2D eigenvalue weighted by Crippen LogP contribution is 2.19. The Kier molecular flexibility index (Phi) is 6.74. The normalized spacial score (nSPS) is 10.8. The van der Waals surface area contributed by atoms with Crippen LogP contribution in [0.4, 0.5) is 5.69 Å². The third-order valence-corrected chi connectivity index (χ3v) is 3.67. The zero-order valence-corrected chi connectivity index (χ0v) is 15.5. The molecule has 2 rings (SSSR count). The van der Waals surface area contributed by atoms with E-state index in [4.69, 9.17) is 16.3 Å². The fourth-order valence-corrected chi connectivity index (χ4v) is 2.16. The molecular formula is C19H20ClN3O3. The number of halogens is 1. The second-order valence-electron chi connectivity index (χ2n) is 5.85. The standard InChI is InChI=1S/C19H20ClN3O3/c1-12(2)26-16-8-5-14(6-9-16)11-21-23-19(25)18(24)22-15-7-4-13(3)17(20)10-15/h4-12H,1-3H3,(H,22,24)(H,23,25)/b21-11-. The van der Waals surface area contributed by atoms with Crippen molar-refractivity contribution in [3.63, 3.8) is 0 Å². The van der Waals surface area contributed by atoms with Crippen molar-refractivity contribution in [3.8, 4) is 5.75 Å². The number of hydrogen-bond donors (Lipinski definition) is 2. The highest BCUT2D eigenvalue weighted by Gasteiger charge is 2.13. The molecule has 0 aliphatic heterocycles. The van der Waals surface area contributed by atoms with E-state index in [9.17, 15) is 9.59 Å². The van der Waals surface area contributed by atoms with Gasteiger partial charge in [-0.1, -0.05) is 17.7 Å². The van der Waals surface area contributed by atoms with Crippen molar-refractivity contribution < 1.29 is 14.3 Å². The maximum Gasteiger partial charge on any atom is 0.329 e. The summed E-state index contributed by atoms with van der Waals surface area (Å²) < 4.78 is 5.54. The molecule has 0 aromatic heterocycles. The molecule has 0 bridgehead atoms. The number of amides is 2. The van der Waals surface area contributed by atoms with E-state index in [0.29, 0.717) is 10.7 Å². The maximum atomic E-state index is 11.8. The monoisotopic (exact) mass is 373 g/mol. The lowest BCUT2D eigenvalue weighted by atomic mass is 10.2. The average molecular weight is 374 g/mol. The van der Waals surface area contributed by atoms with Gasteiger partial charge in [-0.2, -0.15) is 5.10 Å². The van der Waals surface area contributed by atoms with Crippen LogP contribution in [0.25, 0.3) is 0 Å². The minimum atomic E-state index is -0.877. The van der Waals surface area contributed by atoms with Crippen molar-refractivity contribution >= 4 is 35.3 Å². The summed E-state index contributed by atoms with van der Waals surface area (Å²) in [6.07, 6.45) is 1.53. The van der Waals surface area contributed by atoms with Crippen LogP contribution in [0.3, 0.4) is 0 Å². The number of ether oxygens (including phenoxy) is 1. The van der Waals surface area contributed by atoms with Gasteiger partial charge in [0.25, 0.3) is 0 Å². The Morgan fingerprint density at radius 3 is 2.42 bits per heavy atom. The van der Waals surface area contributed by atoms with Crippen LogP contribution in [0.1, 0.15) is 25.0 Å². The summed E-state index contributed by atoms with van der Waals surface area (Å²) in [6, 6.07) is 12.2. The van der Waals surface area contributed by atoms with Crippen molar-refractivity contribution in [2.24, 2.45) is 5.10 Å². The number of hydrogen-bond acceptors (Lipinski definition) is 4. The van der Waals surface area contributed by atoms with Crippen molar-refractivity contribution in [3.05, 3.63) is 58.6 Å². The summed E-state index contributed by atoms with van der Waals surface area (Å²) in [5.74, 6) is -0.960. The van der Waals surface area contributed by atoms with E-state index in [1.165, 1.54) is 6.21 Å². The van der Waals surface area contributed by atoms with Crippen LogP contribution in [0, 0.1) is 6.92 Å². The molecule has 6 nitrogen and oxygen atoms in total. The lowest BCUT2D eigenvalue weighted by molar-refractivity contribution is -0.136. The van der Waals surface area contributed by atoms with Crippen LogP contribution in [0.5, 0.6) is 5.75 Å². The number of carbonyl (C=O) groups is 2. The number of aryl methyl sites for hydroxylation is 1. The minimum absolute atomic E-state index is 0.0933. The lowest BCUT2D eigenvalue weighted by Crippen LogP contribution is -2.32. The molecule has 0 aliphatic rings. The van der Waals surface area contributed by atoms with Gasteiger partial charge in [-0.15, -0.1) is 0 Å². The number of benzene rings is 2. The van der Waals surface area contributed by atoms with E-state index in [2.05, 4.69) is 15.8 Å². The van der Waals surface area contributed by atoms with Crippen LogP contribution >= 0.6 is 11.6 Å². The second-order valence-corrected chi connectivity index (χ2v) is 6.26. The molecule has 0 heterocycles. The third kappa shape index (κ3) is 5.89. The molecule has 0 saturated heterocycles. The number of rotatable bonds is 5. The second kappa shape index (κ2) is 9.01. The summed E-state index contributed by atoms with van der Waals surface area (Å²) in [4.78, 5) is 23.6. The molecule has 0 radical (unpaired) electrons. The SMILES string of the molecule is Cc1ccc(NC(=O)C(=O)N/N=C\c2ccc(OC(C)C)cc2)cc1Cl. The van der Waals surface area contributed by atoms with Gasteiger partial charge in [-0.05, 0) is 68.3 Å². The molecule has 0 aliphatic carbocycles. The predicted octanol–water partition coefficient (Wildman–Crippen LogP) is 3.52. The zero-order chi connectivity index (χ0) is 19.1. The van der Waals surface area contributed by atoms with Crippen molar-refractivity contribution in [1.29, 1.82) is 0 Å². The molecule has 0 spiro atoms. The Morgan fingerprint density at radius 1 is 1.12 bits per heavy atom. The van der Waals surface area contributed by atoms with Gasteiger partial charge in [0.05, 0.1) is 12.3 Å². The van der Waals surface area contributed by atoms with E-state index in [-0.39, 0.29) is 6.10 Å². The van der Waals surface area contributed by atoms with Gasteiger partial charge in [-0.3, -0.25) is 9.59 Å². The van der Waals surface area contributed by atoms with E-state index in [1.807, 2.05) is 20.8 Å². The van der Waals surface area contributed by atoms with Gasteiger partial charge in [0, 0.05) is 10.7 Å². The van der Waals surface area contributed by atoms with Gasteiger partial charge in [0.15, 0.2) is 0 Å². The third-order valence-electron chi connectivity index (χ3n) is 3.27. The summed E-state index contributed by atoms with van der Waals surface area (Å²) >= 11 is 5.98. The molecule has 7 heteroatoms. The fourth-order valence-electron chi connectivity index (χ4n) is 1.98. The Balaban J connectivity index is 1.87. The molecule has 2 N–H and O–H groups in total. The summed E-state index contributed by atoms with van der Waals surface area (Å²) in [6.45, 7) is 5.73. The smallest absolute Gasteiger partial charge is 0.329 e. The zero-order valence-electron chi connectivity index (χ0n) is 14.7. The first-order valence-corrected chi connectivity index (χ1v) is 8.40. The van der Waals surface area contributed by atoms with E-state index >= 15 is 0 Å². The van der Waals surface area contributed by atoms with Gasteiger partial charge in [-0.25, -0.2) is 5.43 Å². The van der Waals surface area contributed by atoms with Crippen LogP contribution in [0.15, 0.2) is 47.6 Å². The largest absolute Gasteiger partial charge is 0.491 e. The number of nitrogens with one attached hydrogen (secondary N) is 2. The molecule has 0 unspecified atom stereocenters. The van der Waals surface area contributed by atoms with E-state index in [1.54, 1.807) is 42.5 Å². The van der Waals surface area contributed by atoms with Gasteiger partial charge in [0.1, 0.15) is 5.75 Å². The molecule has 0 fully saturated rings. The first-order valence-electron chi connectivity index (χ1n) is 8.02. The number of hydrazone groups is 1. The van der Waals surface area contributed by atoms with Crippen LogP contribution in [-0.2, 0) is 9.59 Å². The quantitative estimate of drug-likeness (QED) is 0.478. The van der Waals surface area contributed by atoms with Gasteiger partial charge in [0.2, 0.25) is 0 Å². The van der Waals surface area contributed by atoms with E-state index < -0.39 is 11.8 Å². The molecule has 26 heavy (non-hydrogen) atoms. The van der Waals surface area contributed by atoms with Crippen LogP contribution < -0.4 is 15.5 Å². The Labute approximate surface area is 157 Å². The fraction of sp³-hybridized carbons (Fsp3) is 0.211. The number of anilines is 1. The van der Waals surface area contributed by atoms with E-state index in [0.717, 1.165) is 16.9 Å². The Morgan fingerprint density at radius 2 is 1.81 bits per heavy atom. The maximum absolute atomic E-state index is 11.8. The molecule has 2 aromatic rings. The topological polar surface area (TPSA) is 79.8 Å². The summed E-state index contributed by atoms with van der Waals surface area (Å²) in [7, 11) is 0. The van der Waals surface area contributed by atoms with Crippen molar-refractivity contribution in [2.75, 3.05) is 5.32 Å². The van der Waals surface area contributed by atoms with Gasteiger partial charge >= 0.3 is 11.8 Å². The molecule has 0 atom stereocenters. The molecule has 2 amide bonds. The molecule has 0 saturated carbocycles. The highest BCUT2D eigenvalue weighted by molar-refractivity contribution is 6.39. The summed E-state index contributed by atoms with van der Waals surface area (Å²) in [5, 5.41) is 6.74. The number of nitrogens with zero attached hydrogens (tertiary/aromatic N) is 1.